The fourth-order valence-electron chi connectivity index (χ4n) is 2.49. The molecule has 1 saturated heterocycles. The van der Waals surface area contributed by atoms with Gasteiger partial charge in [-0.1, -0.05) is 6.07 Å². The maximum absolute atomic E-state index is 12.4. The maximum Gasteiger partial charge on any atom is 0.264 e. The number of hydrogen-bond acceptors (Lipinski definition) is 5. The first-order valence-electron chi connectivity index (χ1n) is 7.88. The number of carbonyl (C=O) groups is 1. The molecular weight excluding hydrogens is 590 g/mol. The van der Waals surface area contributed by atoms with Gasteiger partial charge in [-0.25, -0.2) is 4.99 Å². The number of rotatable bonds is 4. The Kier molecular flexibility index (Phi) is 6.69. The molecule has 2 aromatic carbocycles. The average molecular weight is 606 g/mol. The molecule has 0 bridgehead atoms. The zero-order chi connectivity index (χ0) is 19.6. The summed E-state index contributed by atoms with van der Waals surface area (Å²) in [6.07, 6.45) is 1.86. The number of carbonyl (C=O) groups excluding carboxylic acids is 1. The minimum atomic E-state index is -0.161. The lowest BCUT2D eigenvalue weighted by atomic mass is 10.2. The summed E-state index contributed by atoms with van der Waals surface area (Å²) in [5, 5.41) is 3.35. The van der Waals surface area contributed by atoms with E-state index in [2.05, 4.69) is 55.5 Å². The first-order valence-corrected chi connectivity index (χ1v) is 10.9. The van der Waals surface area contributed by atoms with Crippen molar-refractivity contribution in [2.24, 2.45) is 4.99 Å². The molecule has 0 spiro atoms. The van der Waals surface area contributed by atoms with Crippen molar-refractivity contribution in [2.75, 3.05) is 14.2 Å². The molecule has 5 nitrogen and oxygen atoms in total. The van der Waals surface area contributed by atoms with Crippen molar-refractivity contribution in [3.63, 3.8) is 0 Å². The molecule has 1 aliphatic rings. The Hall–Kier alpha value is -1.27. The highest BCUT2D eigenvalue weighted by molar-refractivity contribution is 14.1. The number of aryl methyl sites for hydroxylation is 1. The highest BCUT2D eigenvalue weighted by atomic mass is 127. The van der Waals surface area contributed by atoms with Crippen molar-refractivity contribution in [3.05, 3.63) is 53.5 Å². The van der Waals surface area contributed by atoms with E-state index < -0.39 is 0 Å². The Bertz CT molecular complexity index is 950. The van der Waals surface area contributed by atoms with Crippen LogP contribution in [0.25, 0.3) is 6.08 Å². The maximum atomic E-state index is 12.4. The molecule has 1 aliphatic heterocycles. The smallest absolute Gasteiger partial charge is 0.264 e. The lowest BCUT2D eigenvalue weighted by Gasteiger charge is -2.07. The van der Waals surface area contributed by atoms with Crippen LogP contribution in [0.15, 0.2) is 40.2 Å². The van der Waals surface area contributed by atoms with Gasteiger partial charge < -0.3 is 14.8 Å². The number of hydrogen-bond donors (Lipinski definition) is 1. The van der Waals surface area contributed by atoms with E-state index in [1.54, 1.807) is 14.2 Å². The molecule has 0 atom stereocenters. The fourth-order valence-corrected chi connectivity index (χ4v) is 5.58. The molecule has 0 radical (unpaired) electrons. The van der Waals surface area contributed by atoms with E-state index in [1.807, 2.05) is 43.3 Å². The molecule has 1 fully saturated rings. The second kappa shape index (κ2) is 8.82. The molecule has 27 heavy (non-hydrogen) atoms. The third-order valence-electron chi connectivity index (χ3n) is 3.73. The normalized spacial score (nSPS) is 16.7. The zero-order valence-corrected chi connectivity index (χ0v) is 19.9. The predicted molar refractivity (Wildman–Crippen MR) is 127 cm³/mol. The monoisotopic (exact) mass is 606 g/mol. The van der Waals surface area contributed by atoms with E-state index in [1.165, 1.54) is 11.8 Å². The first kappa shape index (κ1) is 20.5. The highest BCUT2D eigenvalue weighted by Crippen LogP contribution is 2.34. The Morgan fingerprint density at radius 1 is 1.11 bits per heavy atom. The molecule has 2 aromatic rings. The van der Waals surface area contributed by atoms with Gasteiger partial charge in [0.1, 0.15) is 17.2 Å². The number of amidine groups is 1. The standard InChI is InChI=1S/C19H16I2N2O3S/c1-10-4-5-15(25-2)14(6-10)22-19-23-18(24)16(27-19)9-11-7-12(20)17(26-3)13(21)8-11/h4-9H,1-3H3,(H,22,23,24)/b16-9-. The van der Waals surface area contributed by atoms with Gasteiger partial charge in [-0.3, -0.25) is 4.79 Å². The Morgan fingerprint density at radius 2 is 1.81 bits per heavy atom. The van der Waals surface area contributed by atoms with Crippen LogP contribution in [0, 0.1) is 14.1 Å². The van der Waals surface area contributed by atoms with Gasteiger partial charge in [-0.2, -0.15) is 0 Å². The molecule has 8 heteroatoms. The van der Waals surface area contributed by atoms with Crippen LogP contribution in [-0.4, -0.2) is 25.3 Å². The van der Waals surface area contributed by atoms with Gasteiger partial charge in [0, 0.05) is 0 Å². The van der Waals surface area contributed by atoms with Gasteiger partial charge in [0.05, 0.1) is 26.3 Å². The minimum Gasteiger partial charge on any atom is -0.495 e. The largest absolute Gasteiger partial charge is 0.495 e. The fraction of sp³-hybridized carbons (Fsp3) is 0.158. The van der Waals surface area contributed by atoms with Gasteiger partial charge in [0.15, 0.2) is 5.17 Å². The van der Waals surface area contributed by atoms with Gasteiger partial charge in [-0.05, 0) is 105 Å². The van der Waals surface area contributed by atoms with Crippen LogP contribution in [0.5, 0.6) is 11.5 Å². The van der Waals surface area contributed by atoms with Crippen LogP contribution in [0.4, 0.5) is 5.69 Å². The van der Waals surface area contributed by atoms with Crippen molar-refractivity contribution < 1.29 is 14.3 Å². The first-order chi connectivity index (χ1) is 12.9. The number of methoxy groups -OCH3 is 2. The number of nitrogens with one attached hydrogen (secondary N) is 1. The molecule has 1 amide bonds. The summed E-state index contributed by atoms with van der Waals surface area (Å²) < 4.78 is 12.7. The summed E-state index contributed by atoms with van der Waals surface area (Å²) in [5.74, 6) is 1.35. The van der Waals surface area contributed by atoms with Crippen LogP contribution < -0.4 is 14.8 Å². The lowest BCUT2D eigenvalue weighted by Crippen LogP contribution is -2.19. The Morgan fingerprint density at radius 3 is 2.44 bits per heavy atom. The Balaban J connectivity index is 1.90. The average Bonchev–Trinajstić information content (AvgIpc) is 2.94. The van der Waals surface area contributed by atoms with E-state index in [4.69, 9.17) is 9.47 Å². The molecule has 0 aliphatic carbocycles. The molecule has 0 saturated carbocycles. The van der Waals surface area contributed by atoms with Crippen LogP contribution >= 0.6 is 56.9 Å². The summed E-state index contributed by atoms with van der Waals surface area (Å²) in [5.41, 5.74) is 2.70. The van der Waals surface area contributed by atoms with E-state index in [0.29, 0.717) is 21.5 Å². The summed E-state index contributed by atoms with van der Waals surface area (Å²) in [4.78, 5) is 17.5. The van der Waals surface area contributed by atoms with Crippen LogP contribution in [0.1, 0.15) is 11.1 Å². The number of nitrogens with zero attached hydrogens (tertiary/aromatic N) is 1. The second-order valence-electron chi connectivity index (χ2n) is 5.67. The van der Waals surface area contributed by atoms with E-state index in [-0.39, 0.29) is 5.91 Å². The summed E-state index contributed by atoms with van der Waals surface area (Å²) >= 11 is 5.77. The van der Waals surface area contributed by atoms with Crippen molar-refractivity contribution >= 4 is 79.8 Å². The van der Waals surface area contributed by atoms with Gasteiger partial charge in [0.25, 0.3) is 5.91 Å². The van der Waals surface area contributed by atoms with Gasteiger partial charge in [-0.15, -0.1) is 0 Å². The van der Waals surface area contributed by atoms with E-state index >= 15 is 0 Å². The topological polar surface area (TPSA) is 59.9 Å². The van der Waals surface area contributed by atoms with Crippen LogP contribution in [-0.2, 0) is 4.79 Å². The molecule has 0 unspecified atom stereocenters. The quantitative estimate of drug-likeness (QED) is 0.389. The van der Waals surface area contributed by atoms with Gasteiger partial charge in [0.2, 0.25) is 0 Å². The minimum absolute atomic E-state index is 0.161. The van der Waals surface area contributed by atoms with Crippen molar-refractivity contribution in [1.82, 2.24) is 5.32 Å². The SMILES string of the molecule is COc1ccc(C)cc1N=C1NC(=O)/C(=C/c2cc(I)c(OC)c(I)c2)S1. The highest BCUT2D eigenvalue weighted by Gasteiger charge is 2.24. The third kappa shape index (κ3) is 4.77. The number of thioether (sulfide) groups is 1. The molecule has 0 aromatic heterocycles. The molecule has 3 rings (SSSR count). The summed E-state index contributed by atoms with van der Waals surface area (Å²) in [6.45, 7) is 1.99. The number of benzene rings is 2. The summed E-state index contributed by atoms with van der Waals surface area (Å²) in [6, 6.07) is 9.73. The predicted octanol–water partition coefficient (Wildman–Crippen LogP) is 5.11. The van der Waals surface area contributed by atoms with E-state index in [0.717, 1.165) is 24.0 Å². The van der Waals surface area contributed by atoms with Crippen LogP contribution in [0.2, 0.25) is 0 Å². The number of ether oxygens (including phenoxy) is 2. The molecule has 1 N–H and O–H groups in total. The molecular formula is C19H16I2N2O3S. The van der Waals surface area contributed by atoms with Crippen molar-refractivity contribution in [2.45, 2.75) is 6.92 Å². The van der Waals surface area contributed by atoms with E-state index in [9.17, 15) is 4.79 Å². The zero-order valence-electron chi connectivity index (χ0n) is 14.8. The van der Waals surface area contributed by atoms with Crippen LogP contribution in [0.3, 0.4) is 0 Å². The third-order valence-corrected chi connectivity index (χ3v) is 6.24. The van der Waals surface area contributed by atoms with Gasteiger partial charge >= 0.3 is 0 Å². The van der Waals surface area contributed by atoms with Crippen molar-refractivity contribution in [3.8, 4) is 11.5 Å². The van der Waals surface area contributed by atoms with Crippen molar-refractivity contribution in [1.29, 1.82) is 0 Å². The molecule has 1 heterocycles. The summed E-state index contributed by atoms with van der Waals surface area (Å²) in [7, 11) is 3.26. The number of amides is 1. The molecule has 140 valence electrons. The second-order valence-corrected chi connectivity index (χ2v) is 9.03. The number of aliphatic imine (C=N–C) groups is 1. The Labute approximate surface area is 189 Å². The lowest BCUT2D eigenvalue weighted by molar-refractivity contribution is -0.115. The number of halogens is 2.